The van der Waals surface area contributed by atoms with Gasteiger partial charge in [-0.2, -0.15) is 0 Å². The van der Waals surface area contributed by atoms with Crippen LogP contribution in [0.3, 0.4) is 0 Å². The van der Waals surface area contributed by atoms with E-state index in [1.807, 2.05) is 24.3 Å². The van der Waals surface area contributed by atoms with E-state index in [2.05, 4.69) is 52.0 Å². The minimum absolute atomic E-state index is 0. The lowest BCUT2D eigenvalue weighted by atomic mass is 10.1. The summed E-state index contributed by atoms with van der Waals surface area (Å²) < 4.78 is 10.8. The zero-order valence-corrected chi connectivity index (χ0v) is 17.5. The average Bonchev–Trinajstić information content (AvgIpc) is 3.35. The SMILES string of the molecule is Cl.N=C(N)NC(=Nc1ccc2c(c1)Cc1ccccc1-2)NCc1ccc2c(c1)OCO2. The molecule has 0 radical (unpaired) electrons. The van der Waals surface area contributed by atoms with Gasteiger partial charge in [-0.25, -0.2) is 4.99 Å². The Morgan fingerprint density at radius 1 is 0.968 bits per heavy atom. The van der Waals surface area contributed by atoms with Gasteiger partial charge in [0.1, 0.15) is 0 Å². The monoisotopic (exact) mass is 435 g/mol. The highest BCUT2D eigenvalue weighted by Crippen LogP contribution is 2.38. The van der Waals surface area contributed by atoms with E-state index in [1.54, 1.807) is 0 Å². The van der Waals surface area contributed by atoms with Gasteiger partial charge in [0.15, 0.2) is 17.5 Å². The summed E-state index contributed by atoms with van der Waals surface area (Å²) in [6, 6.07) is 20.4. The second-order valence-electron chi connectivity index (χ2n) is 7.22. The molecule has 2 aliphatic rings. The average molecular weight is 436 g/mol. The van der Waals surface area contributed by atoms with Crippen molar-refractivity contribution in [2.24, 2.45) is 10.7 Å². The van der Waals surface area contributed by atoms with E-state index < -0.39 is 0 Å². The van der Waals surface area contributed by atoms with Gasteiger partial charge in [0, 0.05) is 6.54 Å². The molecule has 0 aromatic heterocycles. The Morgan fingerprint density at radius 2 is 1.77 bits per heavy atom. The number of aliphatic imine (C=N–C) groups is 1. The molecule has 5 rings (SSSR count). The van der Waals surface area contributed by atoms with Crippen molar-refractivity contribution < 1.29 is 9.47 Å². The molecule has 1 aliphatic carbocycles. The van der Waals surface area contributed by atoms with Crippen LogP contribution >= 0.6 is 12.4 Å². The Morgan fingerprint density at radius 3 is 2.65 bits per heavy atom. The molecule has 8 heteroatoms. The summed E-state index contributed by atoms with van der Waals surface area (Å²) >= 11 is 0. The predicted molar refractivity (Wildman–Crippen MR) is 123 cm³/mol. The number of hydrogen-bond donors (Lipinski definition) is 4. The summed E-state index contributed by atoms with van der Waals surface area (Å²) in [7, 11) is 0. The number of guanidine groups is 2. The molecule has 0 saturated carbocycles. The quantitative estimate of drug-likeness (QED) is 0.290. The summed E-state index contributed by atoms with van der Waals surface area (Å²) in [5, 5.41) is 13.6. The lowest BCUT2D eigenvalue weighted by Crippen LogP contribution is -2.43. The number of nitrogens with one attached hydrogen (secondary N) is 3. The van der Waals surface area contributed by atoms with Crippen LogP contribution in [0.5, 0.6) is 11.5 Å². The fourth-order valence-corrected chi connectivity index (χ4v) is 3.81. The summed E-state index contributed by atoms with van der Waals surface area (Å²) in [6.07, 6.45) is 0.898. The third-order valence-electron chi connectivity index (χ3n) is 5.17. The fraction of sp³-hybridized carbons (Fsp3) is 0.130. The first-order valence-electron chi connectivity index (χ1n) is 9.69. The predicted octanol–water partition coefficient (Wildman–Crippen LogP) is 3.67. The molecule has 0 atom stereocenters. The number of fused-ring (bicyclic) bond motifs is 4. The van der Waals surface area contributed by atoms with Gasteiger partial charge in [0.05, 0.1) is 5.69 Å². The van der Waals surface area contributed by atoms with Crippen molar-refractivity contribution in [2.45, 2.75) is 13.0 Å². The molecule has 0 saturated heterocycles. The van der Waals surface area contributed by atoms with Gasteiger partial charge in [-0.3, -0.25) is 10.7 Å². The Hall–Kier alpha value is -3.71. The van der Waals surface area contributed by atoms with Crippen LogP contribution < -0.4 is 25.8 Å². The van der Waals surface area contributed by atoms with Crippen molar-refractivity contribution in [2.75, 3.05) is 6.79 Å². The smallest absolute Gasteiger partial charge is 0.231 e. The summed E-state index contributed by atoms with van der Waals surface area (Å²) in [5.41, 5.74) is 12.5. The minimum atomic E-state index is -0.180. The maximum absolute atomic E-state index is 7.59. The van der Waals surface area contributed by atoms with Gasteiger partial charge in [-0.05, 0) is 58.5 Å². The Balaban J connectivity index is 0.00000231. The van der Waals surface area contributed by atoms with Gasteiger partial charge in [-0.15, -0.1) is 12.4 Å². The van der Waals surface area contributed by atoms with E-state index in [4.69, 9.17) is 20.6 Å². The molecule has 158 valence electrons. The van der Waals surface area contributed by atoms with Crippen molar-refractivity contribution in [1.29, 1.82) is 5.41 Å². The Bertz CT molecular complexity index is 1180. The molecule has 0 bridgehead atoms. The lowest BCUT2D eigenvalue weighted by Gasteiger charge is -2.12. The maximum atomic E-state index is 7.59. The van der Waals surface area contributed by atoms with Crippen molar-refractivity contribution in [3.05, 3.63) is 77.4 Å². The second kappa shape index (κ2) is 8.57. The van der Waals surface area contributed by atoms with Crippen LogP contribution in [0.4, 0.5) is 5.69 Å². The Kier molecular flexibility index (Phi) is 5.68. The van der Waals surface area contributed by atoms with E-state index in [0.717, 1.165) is 29.2 Å². The van der Waals surface area contributed by atoms with Crippen molar-refractivity contribution >= 4 is 30.0 Å². The number of nitrogens with two attached hydrogens (primary N) is 1. The number of nitrogens with zero attached hydrogens (tertiary/aromatic N) is 1. The largest absolute Gasteiger partial charge is 0.454 e. The van der Waals surface area contributed by atoms with Gasteiger partial charge in [0.25, 0.3) is 0 Å². The number of halogens is 1. The molecule has 0 amide bonds. The van der Waals surface area contributed by atoms with Gasteiger partial charge >= 0.3 is 0 Å². The molecule has 0 spiro atoms. The summed E-state index contributed by atoms with van der Waals surface area (Å²) in [5.74, 6) is 1.70. The molecular weight excluding hydrogens is 414 g/mol. The van der Waals surface area contributed by atoms with Crippen molar-refractivity contribution in [3.8, 4) is 22.6 Å². The third-order valence-corrected chi connectivity index (χ3v) is 5.17. The Labute approximate surface area is 186 Å². The van der Waals surface area contributed by atoms with E-state index in [1.165, 1.54) is 22.3 Å². The van der Waals surface area contributed by atoms with E-state index in [-0.39, 0.29) is 25.2 Å². The van der Waals surface area contributed by atoms with Crippen LogP contribution in [0.15, 0.2) is 65.7 Å². The number of benzene rings is 3. The van der Waals surface area contributed by atoms with Crippen molar-refractivity contribution in [3.63, 3.8) is 0 Å². The zero-order chi connectivity index (χ0) is 20.5. The first-order valence-corrected chi connectivity index (χ1v) is 9.69. The molecule has 7 nitrogen and oxygen atoms in total. The highest BCUT2D eigenvalue weighted by molar-refractivity contribution is 5.97. The van der Waals surface area contributed by atoms with E-state index in [9.17, 15) is 0 Å². The maximum Gasteiger partial charge on any atom is 0.231 e. The zero-order valence-electron chi connectivity index (χ0n) is 16.6. The molecule has 1 heterocycles. The molecule has 3 aromatic carbocycles. The van der Waals surface area contributed by atoms with Gasteiger partial charge in [-0.1, -0.05) is 36.4 Å². The third kappa shape index (κ3) is 4.27. The highest BCUT2D eigenvalue weighted by Gasteiger charge is 2.18. The standard InChI is InChI=1S/C23H21N5O2.ClH/c24-22(25)28-23(26-12-14-5-8-20-21(9-14)30-13-29-20)27-17-6-7-19-16(11-17)10-15-3-1-2-4-18(15)19;/h1-9,11H,10,12-13H2,(H5,24,25,26,27,28);1H. The van der Waals surface area contributed by atoms with Crippen LogP contribution in [-0.4, -0.2) is 18.7 Å². The molecule has 0 fully saturated rings. The lowest BCUT2D eigenvalue weighted by molar-refractivity contribution is 0.174. The van der Waals surface area contributed by atoms with Crippen LogP contribution in [0.2, 0.25) is 0 Å². The van der Waals surface area contributed by atoms with Crippen LogP contribution in [0.25, 0.3) is 11.1 Å². The summed E-state index contributed by atoms with van der Waals surface area (Å²) in [6.45, 7) is 0.735. The minimum Gasteiger partial charge on any atom is -0.454 e. The van der Waals surface area contributed by atoms with Crippen LogP contribution in [-0.2, 0) is 13.0 Å². The van der Waals surface area contributed by atoms with Crippen LogP contribution in [0, 0.1) is 5.41 Å². The molecule has 0 unspecified atom stereocenters. The number of rotatable bonds is 3. The van der Waals surface area contributed by atoms with Gasteiger partial charge in [0.2, 0.25) is 12.8 Å². The molecule has 31 heavy (non-hydrogen) atoms. The van der Waals surface area contributed by atoms with E-state index in [0.29, 0.717) is 12.5 Å². The first kappa shape index (κ1) is 20.6. The number of ether oxygens (including phenoxy) is 2. The second-order valence-corrected chi connectivity index (χ2v) is 7.22. The normalized spacial score (nSPS) is 13.1. The number of hydrogen-bond acceptors (Lipinski definition) is 4. The summed E-state index contributed by atoms with van der Waals surface area (Å²) in [4.78, 5) is 4.64. The van der Waals surface area contributed by atoms with E-state index >= 15 is 0 Å². The first-order chi connectivity index (χ1) is 14.7. The molecule has 5 N–H and O–H groups in total. The topological polar surface area (TPSA) is 105 Å². The highest BCUT2D eigenvalue weighted by atomic mass is 35.5. The fourth-order valence-electron chi connectivity index (χ4n) is 3.81. The molecule has 1 aliphatic heterocycles. The van der Waals surface area contributed by atoms with Gasteiger partial charge < -0.3 is 20.5 Å². The molecule has 3 aromatic rings. The van der Waals surface area contributed by atoms with Crippen molar-refractivity contribution in [1.82, 2.24) is 10.6 Å². The molecular formula is C23H22ClN5O2. The van der Waals surface area contributed by atoms with Crippen LogP contribution in [0.1, 0.15) is 16.7 Å².